The number of likely N-dealkylation sites (tertiary alicyclic amines) is 1. The van der Waals surface area contributed by atoms with Crippen LogP contribution in [0, 0.1) is 12.8 Å². The first kappa shape index (κ1) is 15.1. The Bertz CT molecular complexity index is 492. The first-order valence-corrected chi connectivity index (χ1v) is 7.20. The SMILES string of the molecule is Cc1cc(Cl)ccc1OCC(=O)N1CCC(O)C(C)C1. The maximum absolute atomic E-state index is 12.1. The van der Waals surface area contributed by atoms with Gasteiger partial charge in [-0.3, -0.25) is 4.79 Å². The van der Waals surface area contributed by atoms with Crippen LogP contribution in [0.1, 0.15) is 18.9 Å². The lowest BCUT2D eigenvalue weighted by Crippen LogP contribution is -2.46. The van der Waals surface area contributed by atoms with Gasteiger partial charge in [-0.25, -0.2) is 0 Å². The lowest BCUT2D eigenvalue weighted by Gasteiger charge is -2.34. The van der Waals surface area contributed by atoms with Crippen LogP contribution in [-0.2, 0) is 4.79 Å². The van der Waals surface area contributed by atoms with Crippen molar-refractivity contribution in [2.45, 2.75) is 26.4 Å². The number of carbonyl (C=O) groups excluding carboxylic acids is 1. The van der Waals surface area contributed by atoms with Gasteiger partial charge in [0.25, 0.3) is 5.91 Å². The van der Waals surface area contributed by atoms with Gasteiger partial charge in [-0.05, 0) is 43.0 Å². The van der Waals surface area contributed by atoms with Gasteiger partial charge in [0.15, 0.2) is 6.61 Å². The summed E-state index contributed by atoms with van der Waals surface area (Å²) in [6.07, 6.45) is 0.325. The molecule has 0 saturated carbocycles. The van der Waals surface area contributed by atoms with Crippen molar-refractivity contribution in [2.24, 2.45) is 5.92 Å². The largest absolute Gasteiger partial charge is 0.483 e. The molecule has 20 heavy (non-hydrogen) atoms. The summed E-state index contributed by atoms with van der Waals surface area (Å²) in [4.78, 5) is 13.8. The predicted octanol–water partition coefficient (Wildman–Crippen LogP) is 2.26. The van der Waals surface area contributed by atoms with Gasteiger partial charge in [-0.15, -0.1) is 0 Å². The number of piperidine rings is 1. The first-order chi connectivity index (χ1) is 9.47. The molecule has 5 heteroatoms. The van der Waals surface area contributed by atoms with E-state index >= 15 is 0 Å². The number of benzene rings is 1. The molecule has 4 nitrogen and oxygen atoms in total. The molecule has 1 heterocycles. The summed E-state index contributed by atoms with van der Waals surface area (Å²) in [5.41, 5.74) is 0.910. The number of hydrogen-bond donors (Lipinski definition) is 1. The summed E-state index contributed by atoms with van der Waals surface area (Å²) in [6, 6.07) is 5.32. The number of nitrogens with zero attached hydrogens (tertiary/aromatic N) is 1. The third-order valence-corrected chi connectivity index (χ3v) is 3.94. The Balaban J connectivity index is 1.89. The number of halogens is 1. The molecule has 110 valence electrons. The van der Waals surface area contributed by atoms with Gasteiger partial charge in [0, 0.05) is 18.1 Å². The van der Waals surface area contributed by atoms with Gasteiger partial charge in [-0.1, -0.05) is 18.5 Å². The molecule has 1 aromatic carbocycles. The van der Waals surface area contributed by atoms with E-state index in [1.165, 1.54) is 0 Å². The Hall–Kier alpha value is -1.26. The number of ether oxygens (including phenoxy) is 1. The van der Waals surface area contributed by atoms with Gasteiger partial charge in [-0.2, -0.15) is 0 Å². The average Bonchev–Trinajstić information content (AvgIpc) is 2.40. The molecule has 1 amide bonds. The van der Waals surface area contributed by atoms with Crippen LogP contribution in [-0.4, -0.2) is 41.7 Å². The van der Waals surface area contributed by atoms with Crippen molar-refractivity contribution in [3.8, 4) is 5.75 Å². The second-order valence-corrected chi connectivity index (χ2v) is 5.81. The standard InChI is InChI=1S/C15H20ClNO3/c1-10-7-12(16)3-4-14(10)20-9-15(19)17-6-5-13(18)11(2)8-17/h3-4,7,11,13,18H,5-6,8-9H2,1-2H3. The van der Waals surface area contributed by atoms with Crippen molar-refractivity contribution in [3.05, 3.63) is 28.8 Å². The lowest BCUT2D eigenvalue weighted by molar-refractivity contribution is -0.136. The van der Waals surface area contributed by atoms with Gasteiger partial charge in [0.2, 0.25) is 0 Å². The number of hydrogen-bond acceptors (Lipinski definition) is 3. The molecular weight excluding hydrogens is 278 g/mol. The molecule has 2 unspecified atom stereocenters. The maximum atomic E-state index is 12.1. The fraction of sp³-hybridized carbons (Fsp3) is 0.533. The number of rotatable bonds is 3. The second-order valence-electron chi connectivity index (χ2n) is 5.37. The topological polar surface area (TPSA) is 49.8 Å². The van der Waals surface area contributed by atoms with Crippen LogP contribution in [0.4, 0.5) is 0 Å². The Morgan fingerprint density at radius 3 is 2.95 bits per heavy atom. The number of aliphatic hydroxyl groups excluding tert-OH is 1. The number of aryl methyl sites for hydroxylation is 1. The monoisotopic (exact) mass is 297 g/mol. The highest BCUT2D eigenvalue weighted by atomic mass is 35.5. The molecule has 0 aliphatic carbocycles. The predicted molar refractivity (Wildman–Crippen MR) is 78.1 cm³/mol. The van der Waals surface area contributed by atoms with Crippen LogP contribution in [0.2, 0.25) is 5.02 Å². The minimum absolute atomic E-state index is 0.0191. The number of amides is 1. The van der Waals surface area contributed by atoms with E-state index in [1.807, 2.05) is 13.8 Å². The molecule has 0 bridgehead atoms. The van der Waals surface area contributed by atoms with E-state index < -0.39 is 0 Å². The summed E-state index contributed by atoms with van der Waals surface area (Å²) in [5.74, 6) is 0.746. The van der Waals surface area contributed by atoms with Crippen molar-refractivity contribution in [2.75, 3.05) is 19.7 Å². The molecule has 2 atom stereocenters. The summed E-state index contributed by atoms with van der Waals surface area (Å²) in [7, 11) is 0. The zero-order valence-corrected chi connectivity index (χ0v) is 12.6. The summed E-state index contributed by atoms with van der Waals surface area (Å²) >= 11 is 5.88. The van der Waals surface area contributed by atoms with E-state index in [9.17, 15) is 9.90 Å². The van der Waals surface area contributed by atoms with E-state index in [0.717, 1.165) is 5.56 Å². The Morgan fingerprint density at radius 2 is 2.30 bits per heavy atom. The minimum Gasteiger partial charge on any atom is -0.483 e. The third-order valence-electron chi connectivity index (χ3n) is 3.70. The smallest absolute Gasteiger partial charge is 0.260 e. The van der Waals surface area contributed by atoms with E-state index in [1.54, 1.807) is 23.1 Å². The van der Waals surface area contributed by atoms with Gasteiger partial charge >= 0.3 is 0 Å². The molecule has 0 radical (unpaired) electrons. The molecule has 1 fully saturated rings. The van der Waals surface area contributed by atoms with Crippen LogP contribution >= 0.6 is 11.6 Å². The minimum atomic E-state index is -0.307. The van der Waals surface area contributed by atoms with Crippen LogP contribution in [0.25, 0.3) is 0 Å². The summed E-state index contributed by atoms with van der Waals surface area (Å²) < 4.78 is 5.56. The molecule has 1 aliphatic rings. The molecule has 1 saturated heterocycles. The van der Waals surface area contributed by atoms with Crippen LogP contribution < -0.4 is 4.74 Å². The highest BCUT2D eigenvalue weighted by Gasteiger charge is 2.27. The molecule has 1 aliphatic heterocycles. The Kier molecular flexibility index (Phi) is 4.89. The number of aliphatic hydroxyl groups is 1. The second kappa shape index (κ2) is 6.46. The van der Waals surface area contributed by atoms with Crippen molar-refractivity contribution in [1.82, 2.24) is 4.90 Å². The van der Waals surface area contributed by atoms with Crippen LogP contribution in [0.5, 0.6) is 5.75 Å². The quantitative estimate of drug-likeness (QED) is 0.931. The van der Waals surface area contributed by atoms with Crippen molar-refractivity contribution in [3.63, 3.8) is 0 Å². The van der Waals surface area contributed by atoms with Crippen molar-refractivity contribution >= 4 is 17.5 Å². The third kappa shape index (κ3) is 3.64. The lowest BCUT2D eigenvalue weighted by atomic mass is 9.97. The van der Waals surface area contributed by atoms with Crippen LogP contribution in [0.15, 0.2) is 18.2 Å². The summed E-state index contributed by atoms with van der Waals surface area (Å²) in [5, 5.41) is 10.3. The van der Waals surface area contributed by atoms with E-state index in [0.29, 0.717) is 30.3 Å². The highest BCUT2D eigenvalue weighted by molar-refractivity contribution is 6.30. The van der Waals surface area contributed by atoms with Crippen LogP contribution in [0.3, 0.4) is 0 Å². The van der Waals surface area contributed by atoms with Gasteiger partial charge < -0.3 is 14.7 Å². The molecule has 1 aromatic rings. The van der Waals surface area contributed by atoms with E-state index in [4.69, 9.17) is 16.3 Å². The summed E-state index contributed by atoms with van der Waals surface area (Å²) in [6.45, 7) is 5.04. The molecule has 2 rings (SSSR count). The van der Waals surface area contributed by atoms with Crippen molar-refractivity contribution in [1.29, 1.82) is 0 Å². The Morgan fingerprint density at radius 1 is 1.55 bits per heavy atom. The Labute approximate surface area is 124 Å². The van der Waals surface area contributed by atoms with E-state index in [2.05, 4.69) is 0 Å². The maximum Gasteiger partial charge on any atom is 0.260 e. The molecular formula is C15H20ClNO3. The van der Waals surface area contributed by atoms with E-state index in [-0.39, 0.29) is 24.5 Å². The number of carbonyl (C=O) groups is 1. The zero-order valence-electron chi connectivity index (χ0n) is 11.8. The highest BCUT2D eigenvalue weighted by Crippen LogP contribution is 2.22. The van der Waals surface area contributed by atoms with Gasteiger partial charge in [0.1, 0.15) is 5.75 Å². The first-order valence-electron chi connectivity index (χ1n) is 6.82. The van der Waals surface area contributed by atoms with Gasteiger partial charge in [0.05, 0.1) is 6.10 Å². The fourth-order valence-corrected chi connectivity index (χ4v) is 2.59. The molecule has 1 N–H and O–H groups in total. The molecule has 0 spiro atoms. The zero-order chi connectivity index (χ0) is 14.7. The van der Waals surface area contributed by atoms with Crippen molar-refractivity contribution < 1.29 is 14.6 Å². The normalized spacial score (nSPS) is 22.7. The molecule has 0 aromatic heterocycles. The average molecular weight is 298 g/mol. The fourth-order valence-electron chi connectivity index (χ4n) is 2.37.